The van der Waals surface area contributed by atoms with E-state index in [0.29, 0.717) is 0 Å². The van der Waals surface area contributed by atoms with Crippen LogP contribution in [0.4, 0.5) is 0 Å². The predicted octanol–water partition coefficient (Wildman–Crippen LogP) is 6.17. The van der Waals surface area contributed by atoms with Gasteiger partial charge in [0.15, 0.2) is 0 Å². The normalized spacial score (nSPS) is 17.6. The molecule has 0 fully saturated rings. The van der Waals surface area contributed by atoms with Gasteiger partial charge in [-0.25, -0.2) is 0 Å². The second kappa shape index (κ2) is 6.78. The van der Waals surface area contributed by atoms with Crippen molar-refractivity contribution < 1.29 is 0 Å². The molecule has 0 heterocycles. The van der Waals surface area contributed by atoms with Gasteiger partial charge in [0.25, 0.3) is 0 Å². The first-order valence-electron chi connectivity index (χ1n) is 7.53. The fraction of sp³-hybridized carbons (Fsp3) is 0.200. The van der Waals surface area contributed by atoms with Gasteiger partial charge in [-0.3, -0.25) is 0 Å². The van der Waals surface area contributed by atoms with Crippen molar-refractivity contribution in [1.29, 1.82) is 0 Å². The van der Waals surface area contributed by atoms with Crippen molar-refractivity contribution in [3.8, 4) is 0 Å². The summed E-state index contributed by atoms with van der Waals surface area (Å²) >= 11 is 6.22. The van der Waals surface area contributed by atoms with E-state index in [-0.39, 0.29) is 0 Å². The third-order valence-corrected chi connectivity index (χ3v) is 4.33. The molecule has 21 heavy (non-hydrogen) atoms. The van der Waals surface area contributed by atoms with Crippen LogP contribution in [0.1, 0.15) is 24.8 Å². The molecule has 0 amide bonds. The van der Waals surface area contributed by atoms with Crippen molar-refractivity contribution in [3.63, 3.8) is 0 Å². The lowest BCUT2D eigenvalue weighted by molar-refractivity contribution is 0.815. The second-order valence-electron chi connectivity index (χ2n) is 5.41. The molecule has 1 aliphatic carbocycles. The molecule has 0 nitrogen and oxygen atoms in total. The number of hydrogen-bond acceptors (Lipinski definition) is 0. The Morgan fingerprint density at radius 1 is 1.05 bits per heavy atom. The molecule has 0 unspecified atom stereocenters. The molecule has 0 bridgehead atoms. The van der Waals surface area contributed by atoms with Gasteiger partial charge in [-0.1, -0.05) is 78.4 Å². The quantitative estimate of drug-likeness (QED) is 0.635. The molecular formula is C20H19Cl. The summed E-state index contributed by atoms with van der Waals surface area (Å²) in [5.41, 5.74) is 2.63. The van der Waals surface area contributed by atoms with Crippen molar-refractivity contribution >= 4 is 22.4 Å². The molecule has 0 saturated heterocycles. The van der Waals surface area contributed by atoms with E-state index in [2.05, 4.69) is 66.8 Å². The summed E-state index contributed by atoms with van der Waals surface area (Å²) in [5.74, 6) is 0. The van der Waals surface area contributed by atoms with E-state index in [0.717, 1.165) is 24.3 Å². The van der Waals surface area contributed by atoms with Crippen molar-refractivity contribution in [2.75, 3.05) is 0 Å². The van der Waals surface area contributed by atoms with Gasteiger partial charge >= 0.3 is 0 Å². The van der Waals surface area contributed by atoms with Gasteiger partial charge in [0.05, 0.1) is 0 Å². The summed E-state index contributed by atoms with van der Waals surface area (Å²) in [6.07, 6.45) is 13.0. The molecule has 1 aliphatic rings. The fourth-order valence-electron chi connectivity index (χ4n) is 2.78. The lowest BCUT2D eigenvalue weighted by Crippen LogP contribution is -1.90. The molecule has 2 aromatic rings. The molecule has 3 rings (SSSR count). The van der Waals surface area contributed by atoms with Gasteiger partial charge < -0.3 is 0 Å². The summed E-state index contributed by atoms with van der Waals surface area (Å²) < 4.78 is 0. The van der Waals surface area contributed by atoms with Crippen LogP contribution in [-0.4, -0.2) is 0 Å². The molecule has 1 heteroatoms. The molecule has 0 N–H and O–H groups in total. The third kappa shape index (κ3) is 3.46. The van der Waals surface area contributed by atoms with Gasteiger partial charge in [0.1, 0.15) is 0 Å². The first kappa shape index (κ1) is 14.2. The highest BCUT2D eigenvalue weighted by molar-refractivity contribution is 6.32. The van der Waals surface area contributed by atoms with E-state index < -0.39 is 0 Å². The summed E-state index contributed by atoms with van der Waals surface area (Å²) in [6, 6.07) is 15.0. The van der Waals surface area contributed by atoms with Crippen molar-refractivity contribution in [2.24, 2.45) is 0 Å². The molecule has 0 spiro atoms. The van der Waals surface area contributed by atoms with Crippen molar-refractivity contribution in [2.45, 2.75) is 25.7 Å². The zero-order chi connectivity index (χ0) is 14.5. The number of halogens is 1. The highest BCUT2D eigenvalue weighted by Crippen LogP contribution is 2.26. The molecule has 0 aliphatic heterocycles. The zero-order valence-electron chi connectivity index (χ0n) is 12.1. The summed E-state index contributed by atoms with van der Waals surface area (Å²) in [4.78, 5) is 0. The Bertz CT molecular complexity index is 714. The van der Waals surface area contributed by atoms with Crippen LogP contribution in [-0.2, 0) is 6.42 Å². The van der Waals surface area contributed by atoms with E-state index >= 15 is 0 Å². The van der Waals surface area contributed by atoms with E-state index in [4.69, 9.17) is 11.6 Å². The Hall–Kier alpha value is -1.79. The minimum atomic E-state index is 0.927. The predicted molar refractivity (Wildman–Crippen MR) is 92.7 cm³/mol. The van der Waals surface area contributed by atoms with Crippen LogP contribution in [0.25, 0.3) is 10.8 Å². The molecular weight excluding hydrogens is 276 g/mol. The van der Waals surface area contributed by atoms with Gasteiger partial charge in [-0.2, -0.15) is 0 Å². The molecule has 0 atom stereocenters. The average Bonchev–Trinajstić information content (AvgIpc) is 2.53. The monoisotopic (exact) mass is 294 g/mol. The van der Waals surface area contributed by atoms with E-state index in [9.17, 15) is 0 Å². The Morgan fingerprint density at radius 3 is 2.81 bits per heavy atom. The SMILES string of the molecule is ClC1=CCCC/C1=C\C=C/Cc1cccc2ccccc12. The van der Waals surface area contributed by atoms with Crippen LogP contribution in [0.2, 0.25) is 0 Å². The number of allylic oxidation sites excluding steroid dienone is 6. The standard InChI is InChI=1S/C20H19Cl/c21-20-15-6-4-11-18(20)10-2-1-8-16-12-7-13-17-9-3-5-14-19(16)17/h1-3,5,7,9-10,12-15H,4,6,8,11H2/b2-1-,18-10+. The van der Waals surface area contributed by atoms with Crippen LogP contribution in [0.3, 0.4) is 0 Å². The lowest BCUT2D eigenvalue weighted by atomic mass is 10.0. The fourth-order valence-corrected chi connectivity index (χ4v) is 3.05. The maximum atomic E-state index is 6.22. The highest BCUT2D eigenvalue weighted by atomic mass is 35.5. The molecule has 2 aromatic carbocycles. The zero-order valence-corrected chi connectivity index (χ0v) is 12.8. The Balaban J connectivity index is 1.75. The minimum absolute atomic E-state index is 0.927. The van der Waals surface area contributed by atoms with E-state index in [1.165, 1.54) is 28.3 Å². The van der Waals surface area contributed by atoms with E-state index in [1.54, 1.807) is 0 Å². The Kier molecular flexibility index (Phi) is 4.57. The lowest BCUT2D eigenvalue weighted by Gasteiger charge is -2.10. The van der Waals surface area contributed by atoms with Crippen LogP contribution >= 0.6 is 11.6 Å². The minimum Gasteiger partial charge on any atom is -0.0844 e. The molecule has 0 saturated carbocycles. The molecule has 0 radical (unpaired) electrons. The average molecular weight is 295 g/mol. The number of rotatable bonds is 3. The summed E-state index contributed by atoms with van der Waals surface area (Å²) in [7, 11) is 0. The summed E-state index contributed by atoms with van der Waals surface area (Å²) in [5, 5.41) is 3.57. The van der Waals surface area contributed by atoms with Crippen molar-refractivity contribution in [1.82, 2.24) is 0 Å². The van der Waals surface area contributed by atoms with Crippen LogP contribution in [0, 0.1) is 0 Å². The topological polar surface area (TPSA) is 0 Å². The van der Waals surface area contributed by atoms with Crippen LogP contribution in [0.5, 0.6) is 0 Å². The van der Waals surface area contributed by atoms with Crippen molar-refractivity contribution in [3.05, 3.63) is 82.9 Å². The first-order chi connectivity index (χ1) is 10.3. The van der Waals surface area contributed by atoms with Gasteiger partial charge in [-0.15, -0.1) is 0 Å². The Morgan fingerprint density at radius 2 is 1.90 bits per heavy atom. The third-order valence-electron chi connectivity index (χ3n) is 3.93. The number of hydrogen-bond donors (Lipinski definition) is 0. The van der Waals surface area contributed by atoms with Crippen LogP contribution in [0.15, 0.2) is 77.4 Å². The molecule has 106 valence electrons. The van der Waals surface area contributed by atoms with Crippen LogP contribution < -0.4 is 0 Å². The largest absolute Gasteiger partial charge is 0.0844 e. The smallest absolute Gasteiger partial charge is 0.0398 e. The maximum Gasteiger partial charge on any atom is 0.0398 e. The summed E-state index contributed by atoms with van der Waals surface area (Å²) in [6.45, 7) is 0. The number of fused-ring (bicyclic) bond motifs is 1. The Labute approximate surface area is 131 Å². The van der Waals surface area contributed by atoms with Gasteiger partial charge in [-0.05, 0) is 47.6 Å². The number of benzene rings is 2. The maximum absolute atomic E-state index is 6.22. The van der Waals surface area contributed by atoms with Gasteiger partial charge in [0.2, 0.25) is 0 Å². The molecule has 0 aromatic heterocycles. The second-order valence-corrected chi connectivity index (χ2v) is 5.81. The highest BCUT2D eigenvalue weighted by Gasteiger charge is 2.05. The van der Waals surface area contributed by atoms with E-state index in [1.807, 2.05) is 0 Å². The first-order valence-corrected chi connectivity index (χ1v) is 7.91. The van der Waals surface area contributed by atoms with Gasteiger partial charge in [0, 0.05) is 5.03 Å².